The van der Waals surface area contributed by atoms with E-state index in [1.165, 1.54) is 0 Å². The zero-order valence-corrected chi connectivity index (χ0v) is 10.8. The van der Waals surface area contributed by atoms with Gasteiger partial charge >= 0.3 is 0 Å². The fourth-order valence-electron chi connectivity index (χ4n) is 1.63. The Labute approximate surface area is 111 Å². The normalized spacial score (nSPS) is 10.3. The van der Waals surface area contributed by atoms with Crippen molar-refractivity contribution < 1.29 is 4.79 Å². The predicted molar refractivity (Wildman–Crippen MR) is 71.2 cm³/mol. The molecule has 0 radical (unpaired) electrons. The Bertz CT molecular complexity index is 533. The van der Waals surface area contributed by atoms with E-state index in [1.807, 2.05) is 43.7 Å². The van der Waals surface area contributed by atoms with Crippen LogP contribution in [0, 0.1) is 0 Å². The molecule has 0 spiro atoms. The van der Waals surface area contributed by atoms with E-state index in [1.54, 1.807) is 4.68 Å². The molecular formula is C13H14ClN3O. The molecule has 18 heavy (non-hydrogen) atoms. The van der Waals surface area contributed by atoms with Crippen LogP contribution in [-0.4, -0.2) is 21.6 Å². The summed E-state index contributed by atoms with van der Waals surface area (Å²) < 4.78 is 1.77. The zero-order valence-electron chi connectivity index (χ0n) is 10.1. The van der Waals surface area contributed by atoms with Gasteiger partial charge in [0.2, 0.25) is 5.91 Å². The molecule has 0 fully saturated rings. The van der Waals surface area contributed by atoms with Crippen LogP contribution in [0.25, 0.3) is 11.1 Å². The number of aryl methyl sites for hydroxylation is 1. The van der Waals surface area contributed by atoms with E-state index in [0.29, 0.717) is 6.54 Å². The van der Waals surface area contributed by atoms with Crippen molar-refractivity contribution in [3.05, 3.63) is 42.2 Å². The highest BCUT2D eigenvalue weighted by Gasteiger charge is 2.01. The molecule has 2 rings (SSSR count). The third-order valence-electron chi connectivity index (χ3n) is 2.60. The molecule has 0 aliphatic rings. The quantitative estimate of drug-likeness (QED) is 0.857. The lowest BCUT2D eigenvalue weighted by Crippen LogP contribution is -2.23. The van der Waals surface area contributed by atoms with Crippen molar-refractivity contribution in [2.24, 2.45) is 7.05 Å². The van der Waals surface area contributed by atoms with E-state index < -0.39 is 0 Å². The molecule has 0 saturated carbocycles. The third-order valence-corrected chi connectivity index (χ3v) is 2.85. The first-order valence-corrected chi connectivity index (χ1v) is 6.13. The summed E-state index contributed by atoms with van der Waals surface area (Å²) >= 11 is 5.40. The molecule has 0 aliphatic carbocycles. The lowest BCUT2D eigenvalue weighted by atomic mass is 10.1. The molecular weight excluding hydrogens is 250 g/mol. The fraction of sp³-hybridized carbons (Fsp3) is 0.231. The Hall–Kier alpha value is -1.81. The SMILES string of the molecule is Cn1cc(-c2ccc(CNC(=O)CCl)cc2)cn1. The maximum absolute atomic E-state index is 11.0. The number of alkyl halides is 1. The van der Waals surface area contributed by atoms with Gasteiger partial charge in [-0.1, -0.05) is 24.3 Å². The van der Waals surface area contributed by atoms with Crippen molar-refractivity contribution in [1.29, 1.82) is 0 Å². The number of hydrogen-bond acceptors (Lipinski definition) is 2. The second-order valence-corrected chi connectivity index (χ2v) is 4.28. The summed E-state index contributed by atoms with van der Waals surface area (Å²) in [5.74, 6) is -0.165. The summed E-state index contributed by atoms with van der Waals surface area (Å²) in [6.07, 6.45) is 3.79. The Morgan fingerprint density at radius 2 is 2.06 bits per heavy atom. The largest absolute Gasteiger partial charge is 0.351 e. The number of rotatable bonds is 4. The second kappa shape index (κ2) is 5.69. The van der Waals surface area contributed by atoms with Crippen molar-refractivity contribution >= 4 is 17.5 Å². The van der Waals surface area contributed by atoms with Gasteiger partial charge in [0.1, 0.15) is 5.88 Å². The predicted octanol–water partition coefficient (Wildman–Crippen LogP) is 1.94. The van der Waals surface area contributed by atoms with E-state index in [9.17, 15) is 4.79 Å². The van der Waals surface area contributed by atoms with Crippen LogP contribution in [-0.2, 0) is 18.4 Å². The molecule has 1 aromatic carbocycles. The van der Waals surface area contributed by atoms with Crippen LogP contribution in [0.5, 0.6) is 0 Å². The summed E-state index contributed by atoms with van der Waals surface area (Å²) in [4.78, 5) is 11.0. The van der Waals surface area contributed by atoms with Gasteiger partial charge in [-0.15, -0.1) is 11.6 Å². The Kier molecular flexibility index (Phi) is 3.99. The third kappa shape index (κ3) is 3.11. The molecule has 1 amide bonds. The van der Waals surface area contributed by atoms with E-state index in [0.717, 1.165) is 16.7 Å². The molecule has 0 aliphatic heterocycles. The molecule has 0 bridgehead atoms. The molecule has 2 aromatic rings. The van der Waals surface area contributed by atoms with Crippen LogP contribution in [0.4, 0.5) is 0 Å². The van der Waals surface area contributed by atoms with Crippen molar-refractivity contribution in [2.75, 3.05) is 5.88 Å². The van der Waals surface area contributed by atoms with Crippen molar-refractivity contribution in [3.8, 4) is 11.1 Å². The van der Waals surface area contributed by atoms with Crippen molar-refractivity contribution in [1.82, 2.24) is 15.1 Å². The van der Waals surface area contributed by atoms with E-state index >= 15 is 0 Å². The molecule has 4 nitrogen and oxygen atoms in total. The van der Waals surface area contributed by atoms with Crippen LogP contribution < -0.4 is 5.32 Å². The van der Waals surface area contributed by atoms with Gasteiger partial charge in [-0.2, -0.15) is 5.10 Å². The number of hydrogen-bond donors (Lipinski definition) is 1. The van der Waals surface area contributed by atoms with Crippen LogP contribution >= 0.6 is 11.6 Å². The summed E-state index contributed by atoms with van der Waals surface area (Å²) in [5.41, 5.74) is 3.23. The second-order valence-electron chi connectivity index (χ2n) is 4.01. The first-order chi connectivity index (χ1) is 8.69. The van der Waals surface area contributed by atoms with Gasteiger partial charge in [0.05, 0.1) is 6.20 Å². The average Bonchev–Trinajstić information content (AvgIpc) is 2.83. The maximum atomic E-state index is 11.0. The first-order valence-electron chi connectivity index (χ1n) is 5.59. The number of benzene rings is 1. The maximum Gasteiger partial charge on any atom is 0.235 e. The molecule has 0 saturated heterocycles. The minimum Gasteiger partial charge on any atom is -0.351 e. The van der Waals surface area contributed by atoms with E-state index in [2.05, 4.69) is 10.4 Å². The summed E-state index contributed by atoms with van der Waals surface area (Å²) in [5, 5.41) is 6.86. The standard InChI is InChI=1S/C13H14ClN3O/c1-17-9-12(8-16-17)11-4-2-10(3-5-11)7-15-13(18)6-14/h2-5,8-9H,6-7H2,1H3,(H,15,18). The number of nitrogens with zero attached hydrogens (tertiary/aromatic N) is 2. The molecule has 94 valence electrons. The van der Waals surface area contributed by atoms with Crippen LogP contribution in [0.2, 0.25) is 0 Å². The molecule has 5 heteroatoms. The lowest BCUT2D eigenvalue weighted by molar-refractivity contribution is -0.118. The summed E-state index contributed by atoms with van der Waals surface area (Å²) in [7, 11) is 1.89. The molecule has 0 unspecified atom stereocenters. The van der Waals surface area contributed by atoms with Crippen molar-refractivity contribution in [3.63, 3.8) is 0 Å². The topological polar surface area (TPSA) is 46.9 Å². The summed E-state index contributed by atoms with van der Waals surface area (Å²) in [6.45, 7) is 0.499. The monoisotopic (exact) mass is 263 g/mol. The first kappa shape index (κ1) is 12.6. The number of amides is 1. The Morgan fingerprint density at radius 3 is 2.61 bits per heavy atom. The number of nitrogens with one attached hydrogen (secondary N) is 1. The Morgan fingerprint density at radius 1 is 1.33 bits per heavy atom. The minimum absolute atomic E-state index is 0.00618. The number of aromatic nitrogens is 2. The van der Waals surface area contributed by atoms with Gasteiger partial charge in [-0.05, 0) is 11.1 Å². The zero-order chi connectivity index (χ0) is 13.0. The number of carbonyl (C=O) groups excluding carboxylic acids is 1. The minimum atomic E-state index is -0.159. The highest BCUT2D eigenvalue weighted by Crippen LogP contribution is 2.18. The molecule has 1 N–H and O–H groups in total. The number of carbonyl (C=O) groups is 1. The van der Waals surface area contributed by atoms with Crippen LogP contribution in [0.3, 0.4) is 0 Å². The van der Waals surface area contributed by atoms with Gasteiger partial charge in [0.15, 0.2) is 0 Å². The van der Waals surface area contributed by atoms with E-state index in [4.69, 9.17) is 11.6 Å². The van der Waals surface area contributed by atoms with Crippen LogP contribution in [0.1, 0.15) is 5.56 Å². The fourth-order valence-corrected chi connectivity index (χ4v) is 1.73. The van der Waals surface area contributed by atoms with Gasteiger partial charge in [0.25, 0.3) is 0 Å². The van der Waals surface area contributed by atoms with Gasteiger partial charge < -0.3 is 5.32 Å². The average molecular weight is 264 g/mol. The molecule has 0 atom stereocenters. The van der Waals surface area contributed by atoms with Gasteiger partial charge in [-0.3, -0.25) is 9.48 Å². The van der Waals surface area contributed by atoms with Gasteiger partial charge in [0, 0.05) is 25.4 Å². The lowest BCUT2D eigenvalue weighted by Gasteiger charge is -2.04. The van der Waals surface area contributed by atoms with Gasteiger partial charge in [-0.25, -0.2) is 0 Å². The van der Waals surface area contributed by atoms with E-state index in [-0.39, 0.29) is 11.8 Å². The highest BCUT2D eigenvalue weighted by atomic mass is 35.5. The molecule has 1 heterocycles. The smallest absolute Gasteiger partial charge is 0.235 e. The van der Waals surface area contributed by atoms with Crippen molar-refractivity contribution in [2.45, 2.75) is 6.54 Å². The number of halogens is 1. The Balaban J connectivity index is 2.03. The molecule has 1 aromatic heterocycles. The summed E-state index contributed by atoms with van der Waals surface area (Å²) in [6, 6.07) is 7.99. The van der Waals surface area contributed by atoms with Crippen LogP contribution in [0.15, 0.2) is 36.7 Å². The highest BCUT2D eigenvalue weighted by molar-refractivity contribution is 6.27.